The van der Waals surface area contributed by atoms with Crippen molar-refractivity contribution in [2.75, 3.05) is 106 Å². The molecule has 2 unspecified atom stereocenters. The first-order valence-electron chi connectivity index (χ1n) is 21.1. The number of rotatable bonds is 27. The fraction of sp³-hybridized carbons (Fsp3) is 0.522. The molecule has 1 heterocycles. The summed E-state index contributed by atoms with van der Waals surface area (Å²) in [7, 11) is 2.91. The molecular formula is C46H57Cl2F2N3O13. The minimum Gasteiger partial charge on any atom is -0.495 e. The van der Waals surface area contributed by atoms with Crippen molar-refractivity contribution in [2.45, 2.75) is 50.6 Å². The highest BCUT2D eigenvalue weighted by Crippen LogP contribution is 2.53. The van der Waals surface area contributed by atoms with E-state index < -0.39 is 65.3 Å². The van der Waals surface area contributed by atoms with Crippen LogP contribution in [0.15, 0.2) is 54.6 Å². The van der Waals surface area contributed by atoms with Gasteiger partial charge < -0.3 is 58.0 Å². The Morgan fingerprint density at radius 1 is 0.788 bits per heavy atom. The average Bonchev–Trinajstić information content (AvgIpc) is 3.59. The first kappa shape index (κ1) is 53.9. The van der Waals surface area contributed by atoms with E-state index in [1.807, 2.05) is 20.8 Å². The van der Waals surface area contributed by atoms with Crippen LogP contribution in [-0.4, -0.2) is 130 Å². The number of amides is 1. The van der Waals surface area contributed by atoms with Gasteiger partial charge in [0.15, 0.2) is 0 Å². The third kappa shape index (κ3) is 15.7. The van der Waals surface area contributed by atoms with Gasteiger partial charge in [-0.1, -0.05) is 62.2 Å². The van der Waals surface area contributed by atoms with Gasteiger partial charge in [0.2, 0.25) is 12.7 Å². The number of carbonyl (C=O) groups excluding carboxylic acids is 3. The molecule has 4 rings (SSSR count). The molecule has 362 valence electrons. The normalized spacial score (nSPS) is 18.1. The van der Waals surface area contributed by atoms with E-state index in [9.17, 15) is 19.6 Å². The zero-order valence-electron chi connectivity index (χ0n) is 37.6. The summed E-state index contributed by atoms with van der Waals surface area (Å²) in [5.74, 6) is -4.59. The molecule has 16 nitrogen and oxygen atoms in total. The van der Waals surface area contributed by atoms with E-state index in [1.54, 1.807) is 7.11 Å². The molecule has 0 aliphatic carbocycles. The van der Waals surface area contributed by atoms with Gasteiger partial charge >= 0.3 is 12.1 Å². The number of carbonyl (C=O) groups is 3. The van der Waals surface area contributed by atoms with Crippen LogP contribution < -0.4 is 15.4 Å². The number of halogens is 4. The Morgan fingerprint density at radius 2 is 1.39 bits per heavy atom. The number of nitrogens with zero attached hydrogens (tertiary/aromatic N) is 1. The first-order valence-corrected chi connectivity index (χ1v) is 21.8. The van der Waals surface area contributed by atoms with Crippen LogP contribution in [-0.2, 0) is 52.8 Å². The summed E-state index contributed by atoms with van der Waals surface area (Å²) in [6, 6.07) is 12.2. The quantitative estimate of drug-likeness (QED) is 0.0441. The third-order valence-electron chi connectivity index (χ3n) is 10.2. The van der Waals surface area contributed by atoms with E-state index in [4.69, 9.17) is 70.6 Å². The summed E-state index contributed by atoms with van der Waals surface area (Å²) in [4.78, 5) is 39.3. The fourth-order valence-electron chi connectivity index (χ4n) is 7.25. The number of nitrogens with one attached hydrogen (secondary N) is 2. The van der Waals surface area contributed by atoms with Gasteiger partial charge in [-0.05, 0) is 53.8 Å². The first-order chi connectivity index (χ1) is 31.7. The van der Waals surface area contributed by atoms with Gasteiger partial charge in [0.05, 0.1) is 108 Å². The summed E-state index contributed by atoms with van der Waals surface area (Å²) in [6.07, 6.45) is -0.834. The van der Waals surface area contributed by atoms with Crippen LogP contribution in [0.1, 0.15) is 54.6 Å². The molecular weight excluding hydrogens is 911 g/mol. The Morgan fingerprint density at radius 3 is 1.95 bits per heavy atom. The molecule has 4 atom stereocenters. The molecule has 1 fully saturated rings. The van der Waals surface area contributed by atoms with Crippen molar-refractivity contribution in [3.05, 3.63) is 93.0 Å². The maximum absolute atomic E-state index is 16.1. The van der Waals surface area contributed by atoms with E-state index in [0.717, 1.165) is 6.07 Å². The Kier molecular flexibility index (Phi) is 22.2. The van der Waals surface area contributed by atoms with Crippen LogP contribution >= 0.6 is 23.2 Å². The molecule has 3 aromatic carbocycles. The van der Waals surface area contributed by atoms with Crippen molar-refractivity contribution >= 4 is 46.9 Å². The highest BCUT2D eigenvalue weighted by atomic mass is 35.5. The monoisotopic (exact) mass is 967 g/mol. The number of hydrogen-bond acceptors (Lipinski definition) is 15. The van der Waals surface area contributed by atoms with Crippen LogP contribution in [0.4, 0.5) is 19.3 Å². The lowest BCUT2D eigenvalue weighted by atomic mass is 9.62. The summed E-state index contributed by atoms with van der Waals surface area (Å²) in [5.41, 5.74) is -2.39. The van der Waals surface area contributed by atoms with Gasteiger partial charge in [0.25, 0.3) is 0 Å². The van der Waals surface area contributed by atoms with Crippen molar-refractivity contribution < 1.29 is 70.5 Å². The Bertz CT molecular complexity index is 2090. The largest absolute Gasteiger partial charge is 0.511 e. The Balaban J connectivity index is 1.28. The van der Waals surface area contributed by atoms with Crippen molar-refractivity contribution in [1.82, 2.24) is 5.32 Å². The van der Waals surface area contributed by atoms with Gasteiger partial charge in [0.1, 0.15) is 29.4 Å². The zero-order chi connectivity index (χ0) is 48.1. The molecule has 20 heteroatoms. The highest BCUT2D eigenvalue weighted by molar-refractivity contribution is 6.31. The van der Waals surface area contributed by atoms with Crippen molar-refractivity contribution in [3.63, 3.8) is 0 Å². The second-order valence-electron chi connectivity index (χ2n) is 15.9. The van der Waals surface area contributed by atoms with Crippen LogP contribution in [0.25, 0.3) is 0 Å². The molecule has 0 spiro atoms. The lowest BCUT2D eigenvalue weighted by Crippen LogP contribution is -2.45. The highest BCUT2D eigenvalue weighted by Gasteiger charge is 2.61. The summed E-state index contributed by atoms with van der Waals surface area (Å²) in [5, 5.41) is 17.0. The van der Waals surface area contributed by atoms with Crippen molar-refractivity contribution in [1.29, 1.82) is 5.26 Å². The number of methoxy groups -OCH3 is 2. The number of benzene rings is 3. The minimum absolute atomic E-state index is 0.0272. The number of nitriles is 1. The molecule has 0 bridgehead atoms. The fourth-order valence-corrected chi connectivity index (χ4v) is 7.59. The lowest BCUT2D eigenvalue weighted by molar-refractivity contribution is -0.118. The standard InChI is InChI=1S/C46H57Cl2F2N3O13/c1-45(2,3)27-38-46(28-51,33-11-10-31(47)26-35(33)49)39(32-7-6-8-34(48)40(32)50)41(53-38)42(54)52-36-12-9-30(25-37(36)58-5)43(55)65-29-66-44(56)64-24-23-63-22-21-62-20-19-61-18-17-60-16-15-59-14-13-57-4/h6-12,25-26,38-39,41,53H,13-24,27,29H2,1-5H3,(H,52,54)/t38?,39?,41-,46+/m1/s1. The zero-order valence-corrected chi connectivity index (χ0v) is 39.1. The predicted molar refractivity (Wildman–Crippen MR) is 238 cm³/mol. The maximum atomic E-state index is 16.1. The number of hydrogen-bond donors (Lipinski definition) is 2. The molecule has 0 aromatic heterocycles. The van der Waals surface area contributed by atoms with Crippen LogP contribution in [0.5, 0.6) is 5.75 Å². The lowest BCUT2D eigenvalue weighted by Gasteiger charge is -2.37. The average molecular weight is 969 g/mol. The van der Waals surface area contributed by atoms with Crippen LogP contribution in [0.3, 0.4) is 0 Å². The minimum atomic E-state index is -1.85. The molecule has 1 aliphatic rings. The van der Waals surface area contributed by atoms with E-state index in [2.05, 4.69) is 16.7 Å². The number of anilines is 1. The Hall–Kier alpha value is -4.68. The second kappa shape index (κ2) is 27.2. The Labute approximate surface area is 393 Å². The third-order valence-corrected chi connectivity index (χ3v) is 10.7. The van der Waals surface area contributed by atoms with Gasteiger partial charge in [-0.2, -0.15) is 5.26 Å². The topological polar surface area (TPSA) is 191 Å². The van der Waals surface area contributed by atoms with E-state index in [-0.39, 0.29) is 64.4 Å². The summed E-state index contributed by atoms with van der Waals surface area (Å²) in [6.45, 7) is 9.14. The SMILES string of the molecule is COCCOCCOCCOCCOCCOCCOC(=O)OCOC(=O)c1ccc(NC(=O)[C@@H]2NC(CC(C)(C)C)[C@](C#N)(c3ccc(Cl)cc3F)C2c2cccc(Cl)c2F)c(OC)c1. The molecule has 3 aromatic rings. The molecule has 1 aliphatic heterocycles. The van der Waals surface area contributed by atoms with Gasteiger partial charge in [0, 0.05) is 29.7 Å². The van der Waals surface area contributed by atoms with E-state index in [1.165, 1.54) is 55.6 Å². The summed E-state index contributed by atoms with van der Waals surface area (Å²) < 4.78 is 84.1. The second-order valence-corrected chi connectivity index (χ2v) is 16.8. The van der Waals surface area contributed by atoms with Crippen molar-refractivity contribution in [2.24, 2.45) is 5.41 Å². The molecule has 0 saturated carbocycles. The van der Waals surface area contributed by atoms with Crippen LogP contribution in [0.2, 0.25) is 10.0 Å². The van der Waals surface area contributed by atoms with Gasteiger partial charge in [-0.15, -0.1) is 0 Å². The molecule has 1 amide bonds. The predicted octanol–water partition coefficient (Wildman–Crippen LogP) is 7.24. The van der Waals surface area contributed by atoms with Gasteiger partial charge in [-0.25, -0.2) is 18.4 Å². The smallest absolute Gasteiger partial charge is 0.495 e. The molecule has 0 radical (unpaired) electrons. The number of esters is 1. The molecule has 66 heavy (non-hydrogen) atoms. The van der Waals surface area contributed by atoms with Crippen molar-refractivity contribution in [3.8, 4) is 11.8 Å². The van der Waals surface area contributed by atoms with E-state index in [0.29, 0.717) is 59.5 Å². The number of ether oxygens (including phenoxy) is 10. The maximum Gasteiger partial charge on any atom is 0.511 e. The molecule has 1 saturated heterocycles. The van der Waals surface area contributed by atoms with Gasteiger partial charge in [-0.3, -0.25) is 4.79 Å². The molecule has 2 N–H and O–H groups in total. The van der Waals surface area contributed by atoms with E-state index >= 15 is 8.78 Å². The van der Waals surface area contributed by atoms with Crippen LogP contribution in [0, 0.1) is 28.4 Å². The summed E-state index contributed by atoms with van der Waals surface area (Å²) >= 11 is 12.4.